The maximum Gasteiger partial charge on any atom is 0.117 e. The van der Waals surface area contributed by atoms with Gasteiger partial charge in [-0.25, -0.2) is 0 Å². The second kappa shape index (κ2) is 4.90. The van der Waals surface area contributed by atoms with Gasteiger partial charge in [-0.05, 0) is 22.5 Å². The molecule has 17 heavy (non-hydrogen) atoms. The van der Waals surface area contributed by atoms with Crippen LogP contribution in [0.5, 0.6) is 5.75 Å². The summed E-state index contributed by atoms with van der Waals surface area (Å²) in [7, 11) is -0.944. The van der Waals surface area contributed by atoms with E-state index in [0.29, 0.717) is 0 Å². The van der Waals surface area contributed by atoms with Crippen molar-refractivity contribution in [2.45, 2.75) is 39.3 Å². The van der Waals surface area contributed by atoms with Crippen LogP contribution < -0.4 is 15.1 Å². The first kappa shape index (κ1) is 15.0. The van der Waals surface area contributed by atoms with Crippen LogP contribution in [0.25, 0.3) is 0 Å². The van der Waals surface area contributed by atoms with Gasteiger partial charge in [-0.2, -0.15) is 0 Å². The molecular formula is C13H23BrOSi2. The highest BCUT2D eigenvalue weighted by Crippen LogP contribution is 2.21. The summed E-state index contributed by atoms with van der Waals surface area (Å²) in [6, 6.07) is 4.49. The monoisotopic (exact) mass is 330 g/mol. The number of hydrogen-bond donors (Lipinski definition) is 0. The Bertz CT molecular complexity index is 381. The van der Waals surface area contributed by atoms with Crippen molar-refractivity contribution in [2.75, 3.05) is 7.11 Å². The Morgan fingerprint density at radius 3 is 1.47 bits per heavy atom. The molecule has 0 saturated carbocycles. The number of rotatable bonds is 3. The molecule has 0 radical (unpaired) electrons. The lowest BCUT2D eigenvalue weighted by atomic mass is 10.3. The van der Waals surface area contributed by atoms with E-state index in [2.05, 4.69) is 67.3 Å². The van der Waals surface area contributed by atoms with Crippen LogP contribution in [0.2, 0.25) is 39.3 Å². The van der Waals surface area contributed by atoms with E-state index in [1.807, 2.05) is 0 Å². The number of methoxy groups -OCH3 is 1. The first-order chi connectivity index (χ1) is 7.57. The van der Waals surface area contributed by atoms with Crippen molar-refractivity contribution < 1.29 is 4.74 Å². The van der Waals surface area contributed by atoms with Gasteiger partial charge >= 0.3 is 0 Å². The number of ether oxygens (including phenoxy) is 1. The minimum atomic E-state index is -1.37. The van der Waals surface area contributed by atoms with E-state index >= 15 is 0 Å². The average Bonchev–Trinajstić information content (AvgIpc) is 2.13. The second-order valence-corrected chi connectivity index (χ2v) is 17.5. The van der Waals surface area contributed by atoms with Gasteiger partial charge in [0.2, 0.25) is 0 Å². The van der Waals surface area contributed by atoms with Gasteiger partial charge in [-0.3, -0.25) is 0 Å². The Balaban J connectivity index is 3.58. The molecule has 1 aromatic rings. The highest BCUT2D eigenvalue weighted by molar-refractivity contribution is 9.10. The Morgan fingerprint density at radius 2 is 1.24 bits per heavy atom. The quantitative estimate of drug-likeness (QED) is 0.770. The summed E-state index contributed by atoms with van der Waals surface area (Å²) in [6.07, 6.45) is 0. The van der Waals surface area contributed by atoms with Crippen LogP contribution in [-0.4, -0.2) is 23.3 Å². The fraction of sp³-hybridized carbons (Fsp3) is 0.538. The van der Waals surface area contributed by atoms with E-state index in [1.54, 1.807) is 7.11 Å². The molecule has 0 N–H and O–H groups in total. The molecule has 0 atom stereocenters. The summed E-state index contributed by atoms with van der Waals surface area (Å²) in [5.74, 6) is 1.14. The summed E-state index contributed by atoms with van der Waals surface area (Å²) < 4.78 is 6.92. The summed E-state index contributed by atoms with van der Waals surface area (Å²) >= 11 is 3.65. The highest BCUT2D eigenvalue weighted by Gasteiger charge is 2.28. The lowest BCUT2D eigenvalue weighted by Gasteiger charge is -2.27. The van der Waals surface area contributed by atoms with Gasteiger partial charge in [0.05, 0.1) is 23.3 Å². The Morgan fingerprint density at radius 1 is 0.882 bits per heavy atom. The number of hydrogen-bond acceptors (Lipinski definition) is 1. The molecule has 0 spiro atoms. The molecule has 0 aromatic heterocycles. The van der Waals surface area contributed by atoms with Crippen LogP contribution in [0, 0.1) is 0 Å². The Labute approximate surface area is 116 Å². The molecule has 0 heterocycles. The van der Waals surface area contributed by atoms with Crippen LogP contribution in [-0.2, 0) is 0 Å². The van der Waals surface area contributed by atoms with Crippen molar-refractivity contribution in [3.8, 4) is 5.75 Å². The van der Waals surface area contributed by atoms with E-state index in [-0.39, 0.29) is 0 Å². The van der Waals surface area contributed by atoms with Crippen molar-refractivity contribution in [3.05, 3.63) is 16.6 Å². The summed E-state index contributed by atoms with van der Waals surface area (Å²) in [4.78, 5) is 0. The van der Waals surface area contributed by atoms with Gasteiger partial charge < -0.3 is 4.74 Å². The zero-order valence-corrected chi connectivity index (χ0v) is 15.5. The highest BCUT2D eigenvalue weighted by atomic mass is 79.9. The van der Waals surface area contributed by atoms with Crippen LogP contribution in [0.3, 0.4) is 0 Å². The smallest absolute Gasteiger partial charge is 0.117 e. The third kappa shape index (κ3) is 3.45. The third-order valence-electron chi connectivity index (χ3n) is 2.87. The number of benzene rings is 1. The predicted molar refractivity (Wildman–Crippen MR) is 86.7 cm³/mol. The molecule has 4 heteroatoms. The van der Waals surface area contributed by atoms with Crippen molar-refractivity contribution in [1.29, 1.82) is 0 Å². The Kier molecular flexibility index (Phi) is 4.32. The maximum absolute atomic E-state index is 5.73. The predicted octanol–water partition coefficient (Wildman–Crippen LogP) is 3.55. The third-order valence-corrected chi connectivity index (χ3v) is 7.31. The fourth-order valence-electron chi connectivity index (χ4n) is 1.93. The van der Waals surface area contributed by atoms with Crippen LogP contribution in [0.4, 0.5) is 0 Å². The van der Waals surface area contributed by atoms with Crippen LogP contribution in [0.1, 0.15) is 0 Å². The fourth-order valence-corrected chi connectivity index (χ4v) is 5.95. The van der Waals surface area contributed by atoms with Gasteiger partial charge in [0.15, 0.2) is 0 Å². The SMILES string of the molecule is COc1c([Si](C)(C)C)cc(Br)cc1[Si](C)(C)C. The van der Waals surface area contributed by atoms with Gasteiger partial charge in [-0.15, -0.1) is 0 Å². The molecule has 0 bridgehead atoms. The van der Waals surface area contributed by atoms with E-state index < -0.39 is 16.1 Å². The molecule has 1 nitrogen and oxygen atoms in total. The van der Waals surface area contributed by atoms with Gasteiger partial charge in [-0.1, -0.05) is 55.2 Å². The molecule has 0 aliphatic carbocycles. The van der Waals surface area contributed by atoms with E-state index in [0.717, 1.165) is 5.75 Å². The molecule has 0 unspecified atom stereocenters. The van der Waals surface area contributed by atoms with E-state index in [9.17, 15) is 0 Å². The van der Waals surface area contributed by atoms with Crippen molar-refractivity contribution in [2.24, 2.45) is 0 Å². The molecule has 96 valence electrons. The van der Waals surface area contributed by atoms with Gasteiger partial charge in [0, 0.05) is 4.47 Å². The van der Waals surface area contributed by atoms with Crippen LogP contribution >= 0.6 is 15.9 Å². The maximum atomic E-state index is 5.73. The zero-order chi connectivity index (χ0) is 13.4. The van der Waals surface area contributed by atoms with Crippen molar-refractivity contribution >= 4 is 42.5 Å². The van der Waals surface area contributed by atoms with Crippen molar-refractivity contribution in [1.82, 2.24) is 0 Å². The second-order valence-electron chi connectivity index (χ2n) is 6.53. The van der Waals surface area contributed by atoms with E-state index in [4.69, 9.17) is 4.74 Å². The standard InChI is InChI=1S/C13H23BrOSi2/c1-15-13-11(16(2,3)4)8-10(14)9-12(13)17(5,6)7/h8-9H,1-7H3. The summed E-state index contributed by atoms with van der Waals surface area (Å²) in [5.41, 5.74) is 0. The molecular weight excluding hydrogens is 308 g/mol. The average molecular weight is 331 g/mol. The summed E-state index contributed by atoms with van der Waals surface area (Å²) in [6.45, 7) is 14.2. The molecule has 1 rings (SSSR count). The summed E-state index contributed by atoms with van der Waals surface area (Å²) in [5, 5.41) is 2.85. The molecule has 0 aliphatic rings. The van der Waals surface area contributed by atoms with Crippen molar-refractivity contribution in [3.63, 3.8) is 0 Å². The van der Waals surface area contributed by atoms with Gasteiger partial charge in [0.1, 0.15) is 5.75 Å². The minimum absolute atomic E-state index is 1.14. The van der Waals surface area contributed by atoms with Crippen LogP contribution in [0.15, 0.2) is 16.6 Å². The number of halogens is 1. The normalized spacial score (nSPS) is 12.7. The molecule has 0 aliphatic heterocycles. The molecule has 1 aromatic carbocycles. The van der Waals surface area contributed by atoms with Gasteiger partial charge in [0.25, 0.3) is 0 Å². The first-order valence-corrected chi connectivity index (χ1v) is 13.7. The lowest BCUT2D eigenvalue weighted by Crippen LogP contribution is -2.46. The lowest BCUT2D eigenvalue weighted by molar-refractivity contribution is 0.421. The molecule has 0 saturated heterocycles. The largest absolute Gasteiger partial charge is 0.497 e. The van der Waals surface area contributed by atoms with E-state index in [1.165, 1.54) is 14.8 Å². The minimum Gasteiger partial charge on any atom is -0.497 e. The topological polar surface area (TPSA) is 9.23 Å². The Hall–Kier alpha value is -0.0662. The zero-order valence-electron chi connectivity index (χ0n) is 11.9. The molecule has 0 amide bonds. The molecule has 0 fully saturated rings. The first-order valence-electron chi connectivity index (χ1n) is 5.96.